The van der Waals surface area contributed by atoms with E-state index in [9.17, 15) is 0 Å². The van der Waals surface area contributed by atoms with Gasteiger partial charge in [0.25, 0.3) is 0 Å². The molecule has 0 saturated carbocycles. The van der Waals surface area contributed by atoms with Crippen molar-refractivity contribution in [1.82, 2.24) is 10.6 Å². The lowest BCUT2D eigenvalue weighted by Crippen LogP contribution is -2.38. The summed E-state index contributed by atoms with van der Waals surface area (Å²) in [6, 6.07) is 8.99. The zero-order valence-corrected chi connectivity index (χ0v) is 17.3. The molecule has 0 amide bonds. The third kappa shape index (κ3) is 8.76. The van der Waals surface area contributed by atoms with E-state index in [1.165, 1.54) is 11.1 Å². The maximum absolute atomic E-state index is 5.72. The largest absolute Gasteiger partial charge is 0.381 e. The number of guanidine groups is 1. The zero-order chi connectivity index (χ0) is 19.3. The number of aryl methyl sites for hydroxylation is 1. The van der Waals surface area contributed by atoms with Crippen molar-refractivity contribution in [3.05, 3.63) is 35.4 Å². The van der Waals surface area contributed by atoms with E-state index < -0.39 is 0 Å². The fourth-order valence-corrected chi connectivity index (χ4v) is 3.13. The summed E-state index contributed by atoms with van der Waals surface area (Å²) >= 11 is 0. The third-order valence-electron chi connectivity index (χ3n) is 4.94. The van der Waals surface area contributed by atoms with Gasteiger partial charge in [0, 0.05) is 39.3 Å². The van der Waals surface area contributed by atoms with Gasteiger partial charge in [0.05, 0.1) is 13.2 Å². The van der Waals surface area contributed by atoms with Crippen LogP contribution in [0.4, 0.5) is 0 Å². The van der Waals surface area contributed by atoms with Crippen LogP contribution in [0.3, 0.4) is 0 Å². The fraction of sp³-hybridized carbons (Fsp3) is 0.682. The van der Waals surface area contributed by atoms with E-state index in [0.717, 1.165) is 71.2 Å². The lowest BCUT2D eigenvalue weighted by atomic mass is 10.0. The highest BCUT2D eigenvalue weighted by Gasteiger charge is 2.15. The van der Waals surface area contributed by atoms with Crippen LogP contribution in [0.15, 0.2) is 29.3 Å². The highest BCUT2D eigenvalue weighted by Crippen LogP contribution is 2.15. The molecule has 0 bridgehead atoms. The average molecular weight is 376 g/mol. The lowest BCUT2D eigenvalue weighted by molar-refractivity contribution is 0.0888. The molecule has 1 saturated heterocycles. The Morgan fingerprint density at radius 2 is 1.93 bits per heavy atom. The zero-order valence-electron chi connectivity index (χ0n) is 17.3. The van der Waals surface area contributed by atoms with Crippen LogP contribution in [0.1, 0.15) is 50.2 Å². The molecule has 1 aromatic rings. The molecular formula is C22H37N3O2. The Kier molecular flexibility index (Phi) is 10.2. The van der Waals surface area contributed by atoms with Crippen molar-refractivity contribution in [2.24, 2.45) is 10.9 Å². The number of nitrogens with zero attached hydrogens (tertiary/aromatic N) is 1. The normalized spacial score (nSPS) is 17.5. The average Bonchev–Trinajstić information content (AvgIpc) is 3.20. The van der Waals surface area contributed by atoms with Gasteiger partial charge in [-0.1, -0.05) is 38.1 Å². The maximum atomic E-state index is 5.72. The Bertz CT molecular complexity index is 537. The number of hydrogen-bond acceptors (Lipinski definition) is 3. The first-order valence-corrected chi connectivity index (χ1v) is 10.4. The predicted octanol–water partition coefficient (Wildman–Crippen LogP) is 3.35. The number of benzene rings is 1. The number of nitrogens with one attached hydrogen (secondary N) is 2. The van der Waals surface area contributed by atoms with Crippen molar-refractivity contribution < 1.29 is 9.47 Å². The summed E-state index contributed by atoms with van der Waals surface area (Å²) in [6.45, 7) is 9.61. The topological polar surface area (TPSA) is 54.9 Å². The van der Waals surface area contributed by atoms with Crippen molar-refractivity contribution in [1.29, 1.82) is 0 Å². The first kappa shape index (κ1) is 21.7. The van der Waals surface area contributed by atoms with Gasteiger partial charge < -0.3 is 20.1 Å². The summed E-state index contributed by atoms with van der Waals surface area (Å²) in [7, 11) is 1.82. The Balaban J connectivity index is 1.49. The quantitative estimate of drug-likeness (QED) is 0.354. The van der Waals surface area contributed by atoms with Crippen LogP contribution in [0.5, 0.6) is 0 Å². The predicted molar refractivity (Wildman–Crippen MR) is 113 cm³/mol. The second-order valence-corrected chi connectivity index (χ2v) is 7.58. The van der Waals surface area contributed by atoms with Gasteiger partial charge in [-0.25, -0.2) is 0 Å². The Morgan fingerprint density at radius 3 is 2.56 bits per heavy atom. The second kappa shape index (κ2) is 12.7. The van der Waals surface area contributed by atoms with E-state index in [2.05, 4.69) is 53.7 Å². The molecular weight excluding hydrogens is 338 g/mol. The van der Waals surface area contributed by atoms with Crippen molar-refractivity contribution in [3.8, 4) is 0 Å². The molecule has 2 rings (SSSR count). The molecule has 27 heavy (non-hydrogen) atoms. The van der Waals surface area contributed by atoms with Crippen molar-refractivity contribution in [2.45, 2.75) is 45.4 Å². The summed E-state index contributed by atoms with van der Waals surface area (Å²) in [4.78, 5) is 4.28. The molecule has 1 aliphatic rings. The van der Waals surface area contributed by atoms with Gasteiger partial charge in [-0.05, 0) is 42.7 Å². The molecule has 1 heterocycles. The second-order valence-electron chi connectivity index (χ2n) is 7.58. The molecule has 1 atom stereocenters. The van der Waals surface area contributed by atoms with Crippen LogP contribution in [0, 0.1) is 5.92 Å². The standard InChI is InChI=1S/C22H37N3O2/c1-18(2)21-9-7-19(8-10-21)6-4-12-24-22(23-3)25-13-5-14-26-16-20-11-15-27-17-20/h7-10,18,20H,4-6,11-17H2,1-3H3,(H2,23,24,25). The monoisotopic (exact) mass is 375 g/mol. The van der Waals surface area contributed by atoms with Crippen LogP contribution < -0.4 is 10.6 Å². The Labute approximate surface area is 164 Å². The molecule has 0 spiro atoms. The Hall–Kier alpha value is -1.59. The van der Waals surface area contributed by atoms with E-state index in [-0.39, 0.29) is 0 Å². The molecule has 152 valence electrons. The molecule has 2 N–H and O–H groups in total. The summed E-state index contributed by atoms with van der Waals surface area (Å²) in [6.07, 6.45) is 4.29. The van der Waals surface area contributed by atoms with Gasteiger partial charge in [-0.15, -0.1) is 0 Å². The molecule has 1 fully saturated rings. The minimum Gasteiger partial charge on any atom is -0.381 e. The van der Waals surface area contributed by atoms with Crippen LogP contribution in [-0.2, 0) is 15.9 Å². The first-order chi connectivity index (χ1) is 13.2. The van der Waals surface area contributed by atoms with Gasteiger partial charge in [0.1, 0.15) is 0 Å². The van der Waals surface area contributed by atoms with Crippen LogP contribution >= 0.6 is 0 Å². The highest BCUT2D eigenvalue weighted by atomic mass is 16.5. The van der Waals surface area contributed by atoms with Crippen molar-refractivity contribution in [2.75, 3.05) is 46.6 Å². The number of hydrogen-bond donors (Lipinski definition) is 2. The molecule has 5 nitrogen and oxygen atoms in total. The molecule has 0 aliphatic carbocycles. The van der Waals surface area contributed by atoms with Crippen LogP contribution in [0.2, 0.25) is 0 Å². The smallest absolute Gasteiger partial charge is 0.190 e. The van der Waals surface area contributed by atoms with E-state index in [1.807, 2.05) is 7.05 Å². The summed E-state index contributed by atoms with van der Waals surface area (Å²) in [5.74, 6) is 2.06. The summed E-state index contributed by atoms with van der Waals surface area (Å²) in [5.41, 5.74) is 2.80. The molecule has 1 aromatic carbocycles. The molecule has 5 heteroatoms. The molecule has 1 unspecified atom stereocenters. The van der Waals surface area contributed by atoms with Gasteiger partial charge >= 0.3 is 0 Å². The van der Waals surface area contributed by atoms with E-state index in [1.54, 1.807) is 0 Å². The van der Waals surface area contributed by atoms with E-state index in [0.29, 0.717) is 11.8 Å². The van der Waals surface area contributed by atoms with Crippen LogP contribution in [-0.4, -0.2) is 52.5 Å². The molecule has 0 aromatic heterocycles. The molecule has 0 radical (unpaired) electrons. The van der Waals surface area contributed by atoms with Crippen molar-refractivity contribution in [3.63, 3.8) is 0 Å². The summed E-state index contributed by atoms with van der Waals surface area (Å²) in [5, 5.41) is 6.74. The number of aliphatic imine (C=N–C) groups is 1. The first-order valence-electron chi connectivity index (χ1n) is 10.4. The van der Waals surface area contributed by atoms with Crippen molar-refractivity contribution >= 4 is 5.96 Å². The Morgan fingerprint density at radius 1 is 1.19 bits per heavy atom. The van der Waals surface area contributed by atoms with Gasteiger partial charge in [0.15, 0.2) is 5.96 Å². The van der Waals surface area contributed by atoms with Gasteiger partial charge in [-0.2, -0.15) is 0 Å². The number of ether oxygens (including phenoxy) is 2. The minimum atomic E-state index is 0.592. The highest BCUT2D eigenvalue weighted by molar-refractivity contribution is 5.79. The SMILES string of the molecule is CN=C(NCCCOCC1CCOC1)NCCCc1ccc(C(C)C)cc1. The third-order valence-corrected chi connectivity index (χ3v) is 4.94. The fourth-order valence-electron chi connectivity index (χ4n) is 3.13. The maximum Gasteiger partial charge on any atom is 0.190 e. The van der Waals surface area contributed by atoms with E-state index in [4.69, 9.17) is 9.47 Å². The van der Waals surface area contributed by atoms with Gasteiger partial charge in [0.2, 0.25) is 0 Å². The number of rotatable bonds is 11. The molecule has 1 aliphatic heterocycles. The van der Waals surface area contributed by atoms with Crippen LogP contribution in [0.25, 0.3) is 0 Å². The minimum absolute atomic E-state index is 0.592. The van der Waals surface area contributed by atoms with E-state index >= 15 is 0 Å². The summed E-state index contributed by atoms with van der Waals surface area (Å²) < 4.78 is 11.1. The van der Waals surface area contributed by atoms with Gasteiger partial charge in [-0.3, -0.25) is 4.99 Å². The lowest BCUT2D eigenvalue weighted by Gasteiger charge is -2.13.